The molecule has 0 radical (unpaired) electrons. The van der Waals surface area contributed by atoms with E-state index in [9.17, 15) is 9.90 Å². The van der Waals surface area contributed by atoms with Gasteiger partial charge in [0, 0.05) is 29.3 Å². The van der Waals surface area contributed by atoms with Crippen molar-refractivity contribution >= 4 is 5.97 Å². The molecule has 1 aliphatic carbocycles. The van der Waals surface area contributed by atoms with Crippen LogP contribution in [0, 0.1) is 0 Å². The van der Waals surface area contributed by atoms with Crippen LogP contribution in [0.4, 0.5) is 0 Å². The molecule has 0 bridgehead atoms. The molecule has 0 amide bonds. The van der Waals surface area contributed by atoms with Crippen molar-refractivity contribution in [2.45, 2.75) is 96.3 Å². The lowest BCUT2D eigenvalue weighted by molar-refractivity contribution is 0.0695. The molecular formula is C26H41N3O2. The highest BCUT2D eigenvalue weighted by molar-refractivity contribution is 5.91. The summed E-state index contributed by atoms with van der Waals surface area (Å²) in [5, 5.41) is 9.42. The molecule has 1 saturated carbocycles. The number of pyridine rings is 1. The Morgan fingerprint density at radius 3 is 2.23 bits per heavy atom. The third kappa shape index (κ3) is 8.86. The molecule has 1 fully saturated rings. The number of rotatable bonds is 11. The average Bonchev–Trinajstić information content (AvgIpc) is 3.26. The Hall–Kier alpha value is -2.14. The Bertz CT molecular complexity index is 728. The van der Waals surface area contributed by atoms with Gasteiger partial charge in [-0.05, 0) is 49.9 Å². The lowest BCUT2D eigenvalue weighted by atomic mass is 9.85. The lowest BCUT2D eigenvalue weighted by Crippen LogP contribution is -2.09. The maximum Gasteiger partial charge on any atom is 0.337 e. The van der Waals surface area contributed by atoms with Gasteiger partial charge in [0.2, 0.25) is 0 Å². The number of aromatic nitrogens is 2. The van der Waals surface area contributed by atoms with Gasteiger partial charge in [-0.3, -0.25) is 4.98 Å². The summed E-state index contributed by atoms with van der Waals surface area (Å²) in [5.41, 5.74) is 8.55. The molecule has 2 heterocycles. The van der Waals surface area contributed by atoms with Gasteiger partial charge in [0.25, 0.3) is 0 Å². The third-order valence-corrected chi connectivity index (χ3v) is 6.14. The van der Waals surface area contributed by atoms with Crippen LogP contribution < -0.4 is 5.73 Å². The zero-order valence-electron chi connectivity index (χ0n) is 19.2. The Kier molecular flexibility index (Phi) is 12.0. The molecule has 3 rings (SSSR count). The van der Waals surface area contributed by atoms with E-state index in [0.29, 0.717) is 11.5 Å². The van der Waals surface area contributed by atoms with Gasteiger partial charge in [-0.15, -0.1) is 0 Å². The molecule has 31 heavy (non-hydrogen) atoms. The summed E-state index contributed by atoms with van der Waals surface area (Å²) in [5.74, 6) is -0.493. The maximum absolute atomic E-state index is 11.5. The molecule has 0 atom stereocenters. The summed E-state index contributed by atoms with van der Waals surface area (Å²) < 4.78 is 0. The number of nitrogens with one attached hydrogen (secondary N) is 1. The molecule has 0 aromatic carbocycles. The van der Waals surface area contributed by atoms with Crippen LogP contribution in [0.5, 0.6) is 0 Å². The second-order valence-corrected chi connectivity index (χ2v) is 8.65. The van der Waals surface area contributed by atoms with E-state index in [4.69, 9.17) is 5.73 Å². The van der Waals surface area contributed by atoms with E-state index >= 15 is 0 Å². The van der Waals surface area contributed by atoms with Crippen LogP contribution in [0.25, 0.3) is 11.3 Å². The summed E-state index contributed by atoms with van der Waals surface area (Å²) in [6.07, 6.45) is 20.2. The largest absolute Gasteiger partial charge is 0.478 e. The zero-order chi connectivity index (χ0) is 22.3. The van der Waals surface area contributed by atoms with Gasteiger partial charge in [-0.1, -0.05) is 71.1 Å². The van der Waals surface area contributed by atoms with E-state index < -0.39 is 5.97 Å². The summed E-state index contributed by atoms with van der Waals surface area (Å²) in [7, 11) is 0. The average molecular weight is 428 g/mol. The lowest BCUT2D eigenvalue weighted by Gasteiger charge is -2.21. The molecule has 0 aliphatic heterocycles. The van der Waals surface area contributed by atoms with Crippen LogP contribution in [0.2, 0.25) is 0 Å². The van der Waals surface area contributed by atoms with Crippen molar-refractivity contribution in [1.82, 2.24) is 9.97 Å². The van der Waals surface area contributed by atoms with E-state index in [1.54, 1.807) is 18.5 Å². The van der Waals surface area contributed by atoms with Crippen molar-refractivity contribution in [3.8, 4) is 11.3 Å². The van der Waals surface area contributed by atoms with Gasteiger partial charge >= 0.3 is 5.97 Å². The van der Waals surface area contributed by atoms with E-state index in [2.05, 4.69) is 16.9 Å². The molecule has 2 aromatic heterocycles. The number of aromatic amines is 1. The summed E-state index contributed by atoms with van der Waals surface area (Å²) in [4.78, 5) is 18.8. The first kappa shape index (κ1) is 25.1. The van der Waals surface area contributed by atoms with E-state index in [-0.39, 0.29) is 0 Å². The Balaban J connectivity index is 0.000000267. The van der Waals surface area contributed by atoms with Crippen molar-refractivity contribution in [2.24, 2.45) is 5.73 Å². The number of unbranched alkanes of at least 4 members (excludes halogenated alkanes) is 7. The van der Waals surface area contributed by atoms with Gasteiger partial charge in [0.15, 0.2) is 0 Å². The van der Waals surface area contributed by atoms with Gasteiger partial charge in [-0.2, -0.15) is 0 Å². The third-order valence-electron chi connectivity index (χ3n) is 6.14. The SMILES string of the molecule is CCCCCCCCCCN.O=C(O)c1cc(-c2ccncc2)[nH]c1C1CCCCC1. The molecule has 5 heteroatoms. The number of carboxylic acid groups (broad SMARTS) is 1. The maximum atomic E-state index is 11.5. The van der Waals surface area contributed by atoms with Crippen LogP contribution in [0.3, 0.4) is 0 Å². The first-order chi connectivity index (χ1) is 15.2. The number of H-pyrrole nitrogens is 1. The smallest absolute Gasteiger partial charge is 0.337 e. The minimum absolute atomic E-state index is 0.352. The first-order valence-electron chi connectivity index (χ1n) is 12.2. The molecule has 2 aromatic rings. The van der Waals surface area contributed by atoms with Crippen molar-refractivity contribution in [2.75, 3.05) is 6.54 Å². The number of hydrogen-bond donors (Lipinski definition) is 3. The standard InChI is InChI=1S/C16H18N2O2.C10H23N/c19-16(20)13-10-14(11-6-8-17-9-7-11)18-15(13)12-4-2-1-3-5-12;1-2-3-4-5-6-7-8-9-10-11/h6-10,12,18H,1-5H2,(H,19,20);2-11H2,1H3. The quantitative estimate of drug-likeness (QED) is 0.340. The number of carbonyl (C=O) groups is 1. The Morgan fingerprint density at radius 1 is 1.03 bits per heavy atom. The number of hydrogen-bond acceptors (Lipinski definition) is 3. The van der Waals surface area contributed by atoms with Gasteiger partial charge in [0.1, 0.15) is 0 Å². The molecule has 4 N–H and O–H groups in total. The molecular weight excluding hydrogens is 386 g/mol. The monoisotopic (exact) mass is 427 g/mol. The highest BCUT2D eigenvalue weighted by atomic mass is 16.4. The van der Waals surface area contributed by atoms with E-state index in [0.717, 1.165) is 36.3 Å². The van der Waals surface area contributed by atoms with Gasteiger partial charge in [-0.25, -0.2) is 4.79 Å². The molecule has 0 unspecified atom stereocenters. The van der Waals surface area contributed by atoms with Crippen LogP contribution >= 0.6 is 0 Å². The fourth-order valence-corrected chi connectivity index (χ4v) is 4.33. The fourth-order valence-electron chi connectivity index (χ4n) is 4.33. The highest BCUT2D eigenvalue weighted by Crippen LogP contribution is 2.35. The first-order valence-corrected chi connectivity index (χ1v) is 12.2. The summed E-state index contributed by atoms with van der Waals surface area (Å²) in [6.45, 7) is 3.13. The van der Waals surface area contributed by atoms with Gasteiger partial charge < -0.3 is 15.8 Å². The molecule has 0 spiro atoms. The topological polar surface area (TPSA) is 92.0 Å². The predicted octanol–water partition coefficient (Wildman–Crippen LogP) is 6.91. The summed E-state index contributed by atoms with van der Waals surface area (Å²) >= 11 is 0. The van der Waals surface area contributed by atoms with Crippen molar-refractivity contribution in [1.29, 1.82) is 0 Å². The van der Waals surface area contributed by atoms with Crippen LogP contribution in [-0.4, -0.2) is 27.6 Å². The van der Waals surface area contributed by atoms with Crippen LogP contribution in [0.1, 0.15) is 112 Å². The van der Waals surface area contributed by atoms with Gasteiger partial charge in [0.05, 0.1) is 5.56 Å². The normalized spacial score (nSPS) is 14.1. The van der Waals surface area contributed by atoms with Crippen molar-refractivity contribution in [3.05, 3.63) is 41.9 Å². The van der Waals surface area contributed by atoms with E-state index in [1.807, 2.05) is 12.1 Å². The van der Waals surface area contributed by atoms with Crippen LogP contribution in [-0.2, 0) is 0 Å². The summed E-state index contributed by atoms with van der Waals surface area (Å²) in [6, 6.07) is 5.53. The second-order valence-electron chi connectivity index (χ2n) is 8.65. The highest BCUT2D eigenvalue weighted by Gasteiger charge is 2.24. The Morgan fingerprint density at radius 2 is 1.65 bits per heavy atom. The fraction of sp³-hybridized carbons (Fsp3) is 0.615. The number of nitrogens with zero attached hydrogens (tertiary/aromatic N) is 1. The van der Waals surface area contributed by atoms with Crippen molar-refractivity contribution < 1.29 is 9.90 Å². The van der Waals surface area contributed by atoms with Crippen LogP contribution in [0.15, 0.2) is 30.6 Å². The Labute approximate surface area is 187 Å². The van der Waals surface area contributed by atoms with Crippen molar-refractivity contribution in [3.63, 3.8) is 0 Å². The molecule has 0 saturated heterocycles. The number of nitrogens with two attached hydrogens (primary N) is 1. The second kappa shape index (κ2) is 14.8. The number of aromatic carboxylic acids is 1. The molecule has 1 aliphatic rings. The zero-order valence-corrected chi connectivity index (χ0v) is 19.2. The molecule has 172 valence electrons. The molecule has 5 nitrogen and oxygen atoms in total. The number of carboxylic acids is 1. The van der Waals surface area contributed by atoms with E-state index in [1.165, 1.54) is 70.6 Å². The predicted molar refractivity (Wildman–Crippen MR) is 128 cm³/mol. The minimum Gasteiger partial charge on any atom is -0.478 e. The minimum atomic E-state index is -0.845.